The number of nitrogens with one attached hydrogen (secondary N) is 2. The Morgan fingerprint density at radius 2 is 1.76 bits per heavy atom. The van der Waals surface area contributed by atoms with E-state index < -0.39 is 18.0 Å². The average molecular weight is 292 g/mol. The third-order valence-corrected chi connectivity index (χ3v) is 3.31. The molecule has 0 radical (unpaired) electrons. The minimum Gasteiger partial charge on any atom is -0.480 e. The van der Waals surface area contributed by atoms with E-state index in [0.717, 1.165) is 0 Å². The van der Waals surface area contributed by atoms with Crippen molar-refractivity contribution in [1.29, 1.82) is 0 Å². The van der Waals surface area contributed by atoms with E-state index >= 15 is 0 Å². The van der Waals surface area contributed by atoms with Crippen LogP contribution >= 0.6 is 0 Å². The van der Waals surface area contributed by atoms with Gasteiger partial charge in [0.25, 0.3) is 0 Å². The predicted molar refractivity (Wildman–Crippen MR) is 79.5 cm³/mol. The number of amides is 2. The summed E-state index contributed by atoms with van der Waals surface area (Å²) in [5, 5.41) is 14.1. The molecule has 0 heterocycles. The van der Waals surface area contributed by atoms with Crippen LogP contribution in [-0.2, 0) is 4.79 Å². The van der Waals surface area contributed by atoms with E-state index in [1.54, 1.807) is 31.2 Å². The first-order valence-corrected chi connectivity index (χ1v) is 6.76. The summed E-state index contributed by atoms with van der Waals surface area (Å²) in [7, 11) is 0. The Labute approximate surface area is 123 Å². The smallest absolute Gasteiger partial charge is 0.326 e. The van der Waals surface area contributed by atoms with Crippen LogP contribution in [0.25, 0.3) is 0 Å². The van der Waals surface area contributed by atoms with Crippen LogP contribution in [0.5, 0.6) is 0 Å². The van der Waals surface area contributed by atoms with E-state index in [1.165, 1.54) is 6.92 Å². The number of ketones is 1. The van der Waals surface area contributed by atoms with Crippen molar-refractivity contribution in [1.82, 2.24) is 5.32 Å². The minimum absolute atomic E-state index is 0.0614. The van der Waals surface area contributed by atoms with Gasteiger partial charge in [-0.25, -0.2) is 9.59 Å². The van der Waals surface area contributed by atoms with Crippen molar-refractivity contribution in [3.63, 3.8) is 0 Å². The SMILES string of the molecule is CC[C@@H](C)[C@H](NC(=O)Nc1ccc(C(C)=O)cc1)C(=O)O. The maximum absolute atomic E-state index is 11.8. The van der Waals surface area contributed by atoms with Crippen LogP contribution in [0, 0.1) is 5.92 Å². The quantitative estimate of drug-likeness (QED) is 0.702. The van der Waals surface area contributed by atoms with Crippen LogP contribution in [-0.4, -0.2) is 28.9 Å². The molecule has 0 unspecified atom stereocenters. The summed E-state index contributed by atoms with van der Waals surface area (Å²) in [5.74, 6) is -1.30. The molecule has 1 rings (SSSR count). The summed E-state index contributed by atoms with van der Waals surface area (Å²) >= 11 is 0. The van der Waals surface area contributed by atoms with Gasteiger partial charge in [0, 0.05) is 11.3 Å². The average Bonchev–Trinajstić information content (AvgIpc) is 2.44. The number of aliphatic carboxylic acids is 1. The number of carbonyl (C=O) groups is 3. The van der Waals surface area contributed by atoms with Crippen molar-refractivity contribution in [3.8, 4) is 0 Å². The zero-order valence-corrected chi connectivity index (χ0v) is 12.3. The second kappa shape index (κ2) is 7.42. The molecule has 1 aromatic rings. The van der Waals surface area contributed by atoms with Gasteiger partial charge >= 0.3 is 12.0 Å². The van der Waals surface area contributed by atoms with Crippen LogP contribution in [0.4, 0.5) is 10.5 Å². The van der Waals surface area contributed by atoms with Crippen LogP contribution in [0.1, 0.15) is 37.6 Å². The van der Waals surface area contributed by atoms with E-state index in [4.69, 9.17) is 5.11 Å². The van der Waals surface area contributed by atoms with Gasteiger partial charge in [-0.15, -0.1) is 0 Å². The van der Waals surface area contributed by atoms with Crippen LogP contribution in [0.2, 0.25) is 0 Å². The molecule has 0 aliphatic rings. The largest absolute Gasteiger partial charge is 0.480 e. The molecule has 0 aliphatic carbocycles. The Morgan fingerprint density at radius 3 is 2.19 bits per heavy atom. The molecule has 0 spiro atoms. The second-order valence-electron chi connectivity index (χ2n) is 4.93. The van der Waals surface area contributed by atoms with E-state index in [-0.39, 0.29) is 11.7 Å². The maximum atomic E-state index is 11.8. The molecule has 0 fully saturated rings. The Balaban J connectivity index is 2.67. The van der Waals surface area contributed by atoms with Gasteiger partial charge in [-0.1, -0.05) is 20.3 Å². The van der Waals surface area contributed by atoms with E-state index in [2.05, 4.69) is 10.6 Å². The Morgan fingerprint density at radius 1 is 1.19 bits per heavy atom. The Hall–Kier alpha value is -2.37. The number of carbonyl (C=O) groups excluding carboxylic acids is 2. The zero-order chi connectivity index (χ0) is 16.0. The molecule has 6 heteroatoms. The minimum atomic E-state index is -1.06. The lowest BCUT2D eigenvalue weighted by Crippen LogP contribution is -2.46. The molecule has 2 atom stereocenters. The summed E-state index contributed by atoms with van der Waals surface area (Å²) in [5.41, 5.74) is 1.04. The van der Waals surface area contributed by atoms with Gasteiger partial charge in [-0.05, 0) is 37.1 Å². The molecule has 6 nitrogen and oxygen atoms in total. The number of rotatable bonds is 6. The summed E-state index contributed by atoms with van der Waals surface area (Å²) in [4.78, 5) is 34.1. The number of anilines is 1. The van der Waals surface area contributed by atoms with Gasteiger partial charge in [0.15, 0.2) is 5.78 Å². The van der Waals surface area contributed by atoms with Gasteiger partial charge in [-0.3, -0.25) is 4.79 Å². The highest BCUT2D eigenvalue weighted by atomic mass is 16.4. The molecule has 2 amide bonds. The molecule has 0 aliphatic heterocycles. The predicted octanol–water partition coefficient (Wildman–Crippen LogP) is 2.51. The zero-order valence-electron chi connectivity index (χ0n) is 12.3. The van der Waals surface area contributed by atoms with Gasteiger partial charge in [0.05, 0.1) is 0 Å². The number of carboxylic acid groups (broad SMARTS) is 1. The standard InChI is InChI=1S/C15H20N2O4/c1-4-9(2)13(14(19)20)17-15(21)16-12-7-5-11(6-8-12)10(3)18/h5-9,13H,4H2,1-3H3,(H,19,20)(H2,16,17,21)/t9-,13+/m1/s1. The highest BCUT2D eigenvalue weighted by molar-refractivity contribution is 5.96. The third kappa shape index (κ3) is 4.91. The summed E-state index contributed by atoms with van der Waals surface area (Å²) < 4.78 is 0. The van der Waals surface area contributed by atoms with E-state index in [9.17, 15) is 14.4 Å². The van der Waals surface area contributed by atoms with Crippen molar-refractivity contribution >= 4 is 23.5 Å². The number of hydrogen-bond donors (Lipinski definition) is 3. The number of hydrogen-bond acceptors (Lipinski definition) is 3. The lowest BCUT2D eigenvalue weighted by atomic mass is 9.99. The molecular weight excluding hydrogens is 272 g/mol. The molecule has 114 valence electrons. The summed E-state index contributed by atoms with van der Waals surface area (Å²) in [6, 6.07) is 4.86. The highest BCUT2D eigenvalue weighted by Gasteiger charge is 2.25. The fraction of sp³-hybridized carbons (Fsp3) is 0.400. The maximum Gasteiger partial charge on any atom is 0.326 e. The third-order valence-electron chi connectivity index (χ3n) is 3.31. The van der Waals surface area contributed by atoms with Crippen molar-refractivity contribution in [2.24, 2.45) is 5.92 Å². The fourth-order valence-corrected chi connectivity index (χ4v) is 1.78. The van der Waals surface area contributed by atoms with Gasteiger partial charge < -0.3 is 15.7 Å². The molecular formula is C15H20N2O4. The molecule has 0 bridgehead atoms. The van der Waals surface area contributed by atoms with E-state index in [1.807, 2.05) is 6.92 Å². The lowest BCUT2D eigenvalue weighted by molar-refractivity contribution is -0.140. The van der Waals surface area contributed by atoms with Gasteiger partial charge in [0.1, 0.15) is 6.04 Å². The van der Waals surface area contributed by atoms with Crippen molar-refractivity contribution in [2.45, 2.75) is 33.2 Å². The first-order chi connectivity index (χ1) is 9.85. The second-order valence-corrected chi connectivity index (χ2v) is 4.93. The van der Waals surface area contributed by atoms with Crippen molar-refractivity contribution in [3.05, 3.63) is 29.8 Å². The summed E-state index contributed by atoms with van der Waals surface area (Å²) in [6.07, 6.45) is 0.643. The molecule has 1 aromatic carbocycles. The number of carboxylic acids is 1. The lowest BCUT2D eigenvalue weighted by Gasteiger charge is -2.20. The Bertz CT molecular complexity index is 525. The number of urea groups is 1. The van der Waals surface area contributed by atoms with Crippen LogP contribution in [0.15, 0.2) is 24.3 Å². The first-order valence-electron chi connectivity index (χ1n) is 6.76. The molecule has 0 aromatic heterocycles. The normalized spacial score (nSPS) is 13.1. The van der Waals surface area contributed by atoms with Gasteiger partial charge in [-0.2, -0.15) is 0 Å². The summed E-state index contributed by atoms with van der Waals surface area (Å²) in [6.45, 7) is 5.08. The number of benzene rings is 1. The molecule has 0 saturated carbocycles. The van der Waals surface area contributed by atoms with Crippen LogP contribution in [0.3, 0.4) is 0 Å². The Kier molecular flexibility index (Phi) is 5.90. The molecule has 3 N–H and O–H groups in total. The fourth-order valence-electron chi connectivity index (χ4n) is 1.78. The monoisotopic (exact) mass is 292 g/mol. The van der Waals surface area contributed by atoms with Crippen LogP contribution < -0.4 is 10.6 Å². The van der Waals surface area contributed by atoms with Gasteiger partial charge in [0.2, 0.25) is 0 Å². The number of Topliss-reactive ketones (excluding diaryl/α,β-unsaturated/α-hetero) is 1. The van der Waals surface area contributed by atoms with E-state index in [0.29, 0.717) is 17.7 Å². The topological polar surface area (TPSA) is 95.5 Å². The highest BCUT2D eigenvalue weighted by Crippen LogP contribution is 2.11. The van der Waals surface area contributed by atoms with Crippen molar-refractivity contribution < 1.29 is 19.5 Å². The molecule has 21 heavy (non-hydrogen) atoms. The molecule has 0 saturated heterocycles. The first kappa shape index (κ1) is 16.7. The van der Waals surface area contributed by atoms with Crippen molar-refractivity contribution in [2.75, 3.05) is 5.32 Å².